The third-order valence-corrected chi connectivity index (χ3v) is 4.92. The average molecular weight is 333 g/mol. The fourth-order valence-corrected chi connectivity index (χ4v) is 3.85. The van der Waals surface area contributed by atoms with Crippen LogP contribution >= 0.6 is 0 Å². The Morgan fingerprint density at radius 2 is 1.44 bits per heavy atom. The second kappa shape index (κ2) is 7.71. The molecule has 0 aromatic heterocycles. The van der Waals surface area contributed by atoms with Crippen LogP contribution in [-0.2, 0) is 10.3 Å². The Kier molecular flexibility index (Phi) is 5.40. The minimum Gasteiger partial charge on any atom is -0.494 e. The molecule has 2 aromatic carbocycles. The molecule has 0 bridgehead atoms. The van der Waals surface area contributed by atoms with Crippen LogP contribution in [0.4, 0.5) is 0 Å². The van der Waals surface area contributed by atoms with Gasteiger partial charge in [-0.1, -0.05) is 74.5 Å². The third kappa shape index (κ3) is 3.14. The average Bonchev–Trinajstić information content (AvgIpc) is 3.05. The van der Waals surface area contributed by atoms with Gasteiger partial charge in [-0.3, -0.25) is 4.90 Å². The molecule has 0 heterocycles. The van der Waals surface area contributed by atoms with Gasteiger partial charge >= 0.3 is 0 Å². The summed E-state index contributed by atoms with van der Waals surface area (Å²) in [4.78, 5) is 2.51. The quantitative estimate of drug-likeness (QED) is 0.687. The molecule has 2 nitrogen and oxygen atoms in total. The summed E-state index contributed by atoms with van der Waals surface area (Å²) in [6, 6.07) is 21.4. The van der Waals surface area contributed by atoms with E-state index in [0.717, 1.165) is 18.8 Å². The van der Waals surface area contributed by atoms with E-state index >= 15 is 0 Å². The number of hydrogen-bond acceptors (Lipinski definition) is 2. The SMILES string of the molecule is CCOC1=CC(c2ccccc2)(N(CC)CC)C(c2ccccc2)=C1. The molecular weight excluding hydrogens is 306 g/mol. The Hall–Kier alpha value is -2.32. The highest BCUT2D eigenvalue weighted by atomic mass is 16.5. The van der Waals surface area contributed by atoms with Crippen LogP contribution in [0, 0.1) is 0 Å². The monoisotopic (exact) mass is 333 g/mol. The molecule has 3 rings (SSSR count). The van der Waals surface area contributed by atoms with Gasteiger partial charge in [0.05, 0.1) is 12.1 Å². The Labute approximate surface area is 151 Å². The summed E-state index contributed by atoms with van der Waals surface area (Å²) in [6.07, 6.45) is 4.51. The molecular formula is C23H27NO. The number of benzene rings is 2. The fourth-order valence-electron chi connectivity index (χ4n) is 3.85. The van der Waals surface area contributed by atoms with E-state index in [1.807, 2.05) is 6.92 Å². The highest BCUT2D eigenvalue weighted by Gasteiger charge is 2.43. The van der Waals surface area contributed by atoms with Gasteiger partial charge in [0.15, 0.2) is 0 Å². The van der Waals surface area contributed by atoms with Crippen molar-refractivity contribution >= 4 is 5.57 Å². The van der Waals surface area contributed by atoms with Crippen molar-refractivity contribution in [2.24, 2.45) is 0 Å². The van der Waals surface area contributed by atoms with Gasteiger partial charge in [-0.2, -0.15) is 0 Å². The molecule has 130 valence electrons. The van der Waals surface area contributed by atoms with Crippen LogP contribution < -0.4 is 0 Å². The first-order valence-corrected chi connectivity index (χ1v) is 9.20. The van der Waals surface area contributed by atoms with Gasteiger partial charge in [0, 0.05) is 0 Å². The summed E-state index contributed by atoms with van der Waals surface area (Å²) >= 11 is 0. The van der Waals surface area contributed by atoms with Crippen LogP contribution in [0.2, 0.25) is 0 Å². The normalized spacial score (nSPS) is 19.7. The predicted molar refractivity (Wildman–Crippen MR) is 105 cm³/mol. The molecule has 0 N–H and O–H groups in total. The van der Waals surface area contributed by atoms with Crippen molar-refractivity contribution in [1.82, 2.24) is 4.90 Å². The number of hydrogen-bond donors (Lipinski definition) is 0. The minimum atomic E-state index is -0.295. The molecule has 0 fully saturated rings. The van der Waals surface area contributed by atoms with Gasteiger partial charge in [-0.05, 0) is 48.9 Å². The van der Waals surface area contributed by atoms with Crippen molar-refractivity contribution in [3.05, 3.63) is 89.7 Å². The predicted octanol–water partition coefficient (Wildman–Crippen LogP) is 5.24. The number of allylic oxidation sites excluding steroid dienone is 1. The summed E-state index contributed by atoms with van der Waals surface area (Å²) in [6.45, 7) is 9.09. The van der Waals surface area contributed by atoms with Crippen molar-refractivity contribution in [2.45, 2.75) is 26.3 Å². The van der Waals surface area contributed by atoms with Gasteiger partial charge in [0.2, 0.25) is 0 Å². The maximum atomic E-state index is 5.93. The molecule has 1 atom stereocenters. The van der Waals surface area contributed by atoms with Crippen molar-refractivity contribution in [2.75, 3.05) is 19.7 Å². The molecule has 0 saturated heterocycles. The topological polar surface area (TPSA) is 12.5 Å². The Bertz CT molecular complexity index is 744. The molecule has 0 spiro atoms. The van der Waals surface area contributed by atoms with E-state index < -0.39 is 0 Å². The van der Waals surface area contributed by atoms with Crippen LogP contribution in [0.5, 0.6) is 0 Å². The molecule has 2 aromatic rings. The van der Waals surface area contributed by atoms with Gasteiger partial charge < -0.3 is 4.74 Å². The second-order valence-corrected chi connectivity index (χ2v) is 6.21. The molecule has 1 unspecified atom stereocenters. The van der Waals surface area contributed by atoms with Crippen LogP contribution in [0.3, 0.4) is 0 Å². The minimum absolute atomic E-state index is 0.295. The summed E-state index contributed by atoms with van der Waals surface area (Å²) in [5, 5.41) is 0. The van der Waals surface area contributed by atoms with E-state index in [9.17, 15) is 0 Å². The molecule has 0 radical (unpaired) electrons. The zero-order valence-corrected chi connectivity index (χ0v) is 15.4. The fraction of sp³-hybridized carbons (Fsp3) is 0.304. The number of ether oxygens (including phenoxy) is 1. The number of rotatable bonds is 7. The van der Waals surface area contributed by atoms with E-state index in [1.165, 1.54) is 16.7 Å². The molecule has 1 aliphatic carbocycles. The van der Waals surface area contributed by atoms with Crippen LogP contribution in [-0.4, -0.2) is 24.6 Å². The first-order chi connectivity index (χ1) is 12.3. The maximum Gasteiger partial charge on any atom is 0.118 e. The van der Waals surface area contributed by atoms with Crippen LogP contribution in [0.1, 0.15) is 31.9 Å². The lowest BCUT2D eigenvalue weighted by Gasteiger charge is -2.42. The molecule has 1 aliphatic rings. The van der Waals surface area contributed by atoms with Gasteiger partial charge in [-0.25, -0.2) is 0 Å². The first kappa shape index (κ1) is 17.5. The molecule has 2 heteroatoms. The number of nitrogens with zero attached hydrogens (tertiary/aromatic N) is 1. The Morgan fingerprint density at radius 3 is 2.00 bits per heavy atom. The molecule has 0 aliphatic heterocycles. The van der Waals surface area contributed by atoms with Crippen molar-refractivity contribution in [3.8, 4) is 0 Å². The molecule has 0 amide bonds. The first-order valence-electron chi connectivity index (χ1n) is 9.20. The molecule has 0 saturated carbocycles. The van der Waals surface area contributed by atoms with Gasteiger partial charge in [-0.15, -0.1) is 0 Å². The van der Waals surface area contributed by atoms with Crippen molar-refractivity contribution in [3.63, 3.8) is 0 Å². The smallest absolute Gasteiger partial charge is 0.118 e. The van der Waals surface area contributed by atoms with Gasteiger partial charge in [0.1, 0.15) is 5.76 Å². The second-order valence-electron chi connectivity index (χ2n) is 6.21. The lowest BCUT2D eigenvalue weighted by atomic mass is 9.80. The summed E-state index contributed by atoms with van der Waals surface area (Å²) in [5.74, 6) is 0.956. The summed E-state index contributed by atoms with van der Waals surface area (Å²) in [5.41, 5.74) is 3.51. The van der Waals surface area contributed by atoms with E-state index in [-0.39, 0.29) is 5.54 Å². The summed E-state index contributed by atoms with van der Waals surface area (Å²) < 4.78 is 5.93. The van der Waals surface area contributed by atoms with E-state index in [1.54, 1.807) is 0 Å². The zero-order chi connectivity index (χ0) is 17.7. The highest BCUT2D eigenvalue weighted by molar-refractivity contribution is 5.82. The number of likely N-dealkylation sites (N-methyl/N-ethyl adjacent to an activating group) is 1. The zero-order valence-electron chi connectivity index (χ0n) is 15.4. The Morgan fingerprint density at radius 1 is 0.840 bits per heavy atom. The van der Waals surface area contributed by atoms with E-state index in [2.05, 4.69) is 91.6 Å². The van der Waals surface area contributed by atoms with Crippen LogP contribution in [0.15, 0.2) is 78.6 Å². The molecule has 25 heavy (non-hydrogen) atoms. The maximum absolute atomic E-state index is 5.93. The third-order valence-electron chi connectivity index (χ3n) is 4.92. The van der Waals surface area contributed by atoms with Crippen molar-refractivity contribution in [1.29, 1.82) is 0 Å². The van der Waals surface area contributed by atoms with Gasteiger partial charge in [0.25, 0.3) is 0 Å². The van der Waals surface area contributed by atoms with E-state index in [4.69, 9.17) is 4.74 Å². The van der Waals surface area contributed by atoms with E-state index in [0.29, 0.717) is 6.61 Å². The Balaban J connectivity index is 2.24. The van der Waals surface area contributed by atoms with Crippen molar-refractivity contribution < 1.29 is 4.74 Å². The standard InChI is InChI=1S/C23H27NO/c1-4-24(5-2)23(20-15-11-8-12-16-20)18-21(25-6-3)17-22(23)19-13-9-7-10-14-19/h7-18H,4-6H2,1-3H3. The lowest BCUT2D eigenvalue weighted by molar-refractivity contribution is 0.192. The highest BCUT2D eigenvalue weighted by Crippen LogP contribution is 2.47. The summed E-state index contributed by atoms with van der Waals surface area (Å²) in [7, 11) is 0. The lowest BCUT2D eigenvalue weighted by Crippen LogP contribution is -2.44. The van der Waals surface area contributed by atoms with Crippen LogP contribution in [0.25, 0.3) is 5.57 Å². The largest absolute Gasteiger partial charge is 0.494 e.